The molecular formula is C14H17NO5. The highest BCUT2D eigenvalue weighted by Crippen LogP contribution is 2.37. The van der Waals surface area contributed by atoms with Gasteiger partial charge in [0.25, 0.3) is 5.91 Å². The first-order valence-electron chi connectivity index (χ1n) is 6.23. The Bertz CT molecular complexity index is 495. The summed E-state index contributed by atoms with van der Waals surface area (Å²) in [5.74, 6) is 0.289. The van der Waals surface area contributed by atoms with Crippen LogP contribution in [0.15, 0.2) is 18.2 Å². The Morgan fingerprint density at radius 3 is 2.50 bits per heavy atom. The van der Waals surface area contributed by atoms with Gasteiger partial charge in [-0.3, -0.25) is 9.63 Å². The molecule has 1 saturated heterocycles. The van der Waals surface area contributed by atoms with E-state index in [2.05, 4.69) is 0 Å². The lowest BCUT2D eigenvalue weighted by molar-refractivity contribution is -0.162. The fraction of sp³-hybridized carbons (Fsp3) is 0.357. The number of nitrogens with zero attached hydrogens (tertiary/aromatic N) is 1. The average Bonchev–Trinajstić information content (AvgIpc) is 3.00. The highest BCUT2D eigenvalue weighted by atomic mass is 16.7. The molecule has 108 valence electrons. The van der Waals surface area contributed by atoms with Gasteiger partial charge in [0.1, 0.15) is 0 Å². The van der Waals surface area contributed by atoms with Gasteiger partial charge in [0.05, 0.1) is 27.4 Å². The Morgan fingerprint density at radius 2 is 2.00 bits per heavy atom. The monoisotopic (exact) mass is 279 g/mol. The molecule has 1 aliphatic heterocycles. The summed E-state index contributed by atoms with van der Waals surface area (Å²) >= 11 is 0. The van der Waals surface area contributed by atoms with E-state index < -0.39 is 0 Å². The second-order valence-electron chi connectivity index (χ2n) is 4.23. The lowest BCUT2D eigenvalue weighted by atomic mass is 10.1. The molecule has 0 unspecified atom stereocenters. The summed E-state index contributed by atoms with van der Waals surface area (Å²) in [5.41, 5.74) is 0.684. The third kappa shape index (κ3) is 3.03. The topological polar surface area (TPSA) is 68.2 Å². The van der Waals surface area contributed by atoms with Crippen molar-refractivity contribution in [3.8, 4) is 17.2 Å². The summed E-state index contributed by atoms with van der Waals surface area (Å²) in [7, 11) is 2.90. The summed E-state index contributed by atoms with van der Waals surface area (Å²) in [6.07, 6.45) is 3.88. The molecule has 1 aromatic rings. The predicted octanol–water partition coefficient (Wildman–Crippen LogP) is 1.59. The van der Waals surface area contributed by atoms with Crippen LogP contribution in [-0.4, -0.2) is 43.4 Å². The van der Waals surface area contributed by atoms with E-state index in [9.17, 15) is 9.90 Å². The molecule has 0 aromatic heterocycles. The second kappa shape index (κ2) is 6.29. The van der Waals surface area contributed by atoms with Gasteiger partial charge in [0, 0.05) is 6.08 Å². The number of methoxy groups -OCH3 is 2. The minimum atomic E-state index is -0.214. The van der Waals surface area contributed by atoms with E-state index in [1.54, 1.807) is 18.2 Å². The summed E-state index contributed by atoms with van der Waals surface area (Å²) in [5, 5.41) is 11.1. The predicted molar refractivity (Wildman–Crippen MR) is 72.5 cm³/mol. The standard InChI is InChI=1S/C14H17NO5/c1-18-11-8-10(9-12(19-2)14(11)17)4-5-13(16)15-6-3-7-20-15/h4-5,8-9,17H,3,6-7H2,1-2H3/b5-4+. The largest absolute Gasteiger partial charge is 0.502 e. The number of phenols is 1. The normalized spacial score (nSPS) is 14.8. The Balaban J connectivity index is 2.17. The van der Waals surface area contributed by atoms with Crippen LogP contribution in [0, 0.1) is 0 Å². The fourth-order valence-corrected chi connectivity index (χ4v) is 1.88. The van der Waals surface area contributed by atoms with Crippen molar-refractivity contribution in [1.29, 1.82) is 0 Å². The maximum absolute atomic E-state index is 11.8. The van der Waals surface area contributed by atoms with Crippen LogP contribution in [-0.2, 0) is 9.63 Å². The first-order valence-corrected chi connectivity index (χ1v) is 6.23. The smallest absolute Gasteiger partial charge is 0.270 e. The number of phenolic OH excluding ortho intramolecular Hbond substituents is 1. The number of amides is 1. The third-order valence-electron chi connectivity index (χ3n) is 2.92. The molecule has 6 nitrogen and oxygen atoms in total. The Labute approximate surface area is 117 Å². The summed E-state index contributed by atoms with van der Waals surface area (Å²) in [6.45, 7) is 1.17. The summed E-state index contributed by atoms with van der Waals surface area (Å²) in [6, 6.07) is 3.24. The van der Waals surface area contributed by atoms with Gasteiger partial charge in [-0.15, -0.1) is 0 Å². The molecule has 0 radical (unpaired) electrons. The van der Waals surface area contributed by atoms with Crippen LogP contribution >= 0.6 is 0 Å². The number of hydroxylamine groups is 2. The Kier molecular flexibility index (Phi) is 4.47. The van der Waals surface area contributed by atoms with Crippen LogP contribution in [0.2, 0.25) is 0 Å². The zero-order valence-electron chi connectivity index (χ0n) is 11.5. The van der Waals surface area contributed by atoms with Crippen molar-refractivity contribution in [2.75, 3.05) is 27.4 Å². The molecule has 6 heteroatoms. The SMILES string of the molecule is COc1cc(/C=C/C(=O)N2CCCO2)cc(OC)c1O. The molecular weight excluding hydrogens is 262 g/mol. The molecule has 0 aliphatic carbocycles. The van der Waals surface area contributed by atoms with Crippen molar-refractivity contribution >= 4 is 12.0 Å². The molecule has 0 bridgehead atoms. The highest BCUT2D eigenvalue weighted by molar-refractivity contribution is 5.91. The number of benzene rings is 1. The van der Waals surface area contributed by atoms with Gasteiger partial charge in [-0.05, 0) is 30.2 Å². The van der Waals surface area contributed by atoms with E-state index in [0.29, 0.717) is 18.7 Å². The van der Waals surface area contributed by atoms with Crippen molar-refractivity contribution in [3.63, 3.8) is 0 Å². The highest BCUT2D eigenvalue weighted by Gasteiger charge is 2.17. The molecule has 0 atom stereocenters. The molecule has 1 N–H and O–H groups in total. The van der Waals surface area contributed by atoms with Crippen molar-refractivity contribution in [2.24, 2.45) is 0 Å². The molecule has 1 aromatic carbocycles. The summed E-state index contributed by atoms with van der Waals surface area (Å²) < 4.78 is 10.1. The van der Waals surface area contributed by atoms with Gasteiger partial charge < -0.3 is 14.6 Å². The maximum atomic E-state index is 11.8. The van der Waals surface area contributed by atoms with Crippen LogP contribution in [0.5, 0.6) is 17.2 Å². The molecule has 1 amide bonds. The lowest BCUT2D eigenvalue weighted by Gasteiger charge is -2.11. The zero-order chi connectivity index (χ0) is 14.5. The number of carbonyl (C=O) groups excluding carboxylic acids is 1. The van der Waals surface area contributed by atoms with E-state index in [0.717, 1.165) is 6.42 Å². The molecule has 1 aliphatic rings. The number of aromatic hydroxyl groups is 1. The molecule has 0 spiro atoms. The van der Waals surface area contributed by atoms with Gasteiger partial charge in [-0.25, -0.2) is 5.06 Å². The summed E-state index contributed by atoms with van der Waals surface area (Å²) in [4.78, 5) is 17.0. The number of rotatable bonds is 4. The maximum Gasteiger partial charge on any atom is 0.270 e. The van der Waals surface area contributed by atoms with E-state index in [-0.39, 0.29) is 23.2 Å². The van der Waals surface area contributed by atoms with Crippen LogP contribution in [0.3, 0.4) is 0 Å². The van der Waals surface area contributed by atoms with Crippen LogP contribution < -0.4 is 9.47 Å². The molecule has 1 heterocycles. The van der Waals surface area contributed by atoms with Crippen LogP contribution in [0.1, 0.15) is 12.0 Å². The average molecular weight is 279 g/mol. The van der Waals surface area contributed by atoms with E-state index in [4.69, 9.17) is 14.3 Å². The van der Waals surface area contributed by atoms with E-state index >= 15 is 0 Å². The fourth-order valence-electron chi connectivity index (χ4n) is 1.88. The lowest BCUT2D eigenvalue weighted by Crippen LogP contribution is -2.24. The third-order valence-corrected chi connectivity index (χ3v) is 2.92. The molecule has 1 fully saturated rings. The van der Waals surface area contributed by atoms with Gasteiger partial charge in [-0.2, -0.15) is 0 Å². The molecule has 20 heavy (non-hydrogen) atoms. The van der Waals surface area contributed by atoms with Crippen molar-refractivity contribution < 1.29 is 24.2 Å². The first-order chi connectivity index (χ1) is 9.65. The second-order valence-corrected chi connectivity index (χ2v) is 4.23. The van der Waals surface area contributed by atoms with Crippen molar-refractivity contribution in [2.45, 2.75) is 6.42 Å². The Morgan fingerprint density at radius 1 is 1.35 bits per heavy atom. The van der Waals surface area contributed by atoms with E-state index in [1.807, 2.05) is 0 Å². The Hall–Kier alpha value is -2.21. The number of ether oxygens (including phenoxy) is 2. The van der Waals surface area contributed by atoms with Crippen LogP contribution in [0.25, 0.3) is 6.08 Å². The van der Waals surface area contributed by atoms with Gasteiger partial charge in [-0.1, -0.05) is 0 Å². The minimum absolute atomic E-state index is 0.0682. The first kappa shape index (κ1) is 14.2. The van der Waals surface area contributed by atoms with E-state index in [1.165, 1.54) is 25.4 Å². The number of carbonyl (C=O) groups is 1. The van der Waals surface area contributed by atoms with Crippen LogP contribution in [0.4, 0.5) is 0 Å². The van der Waals surface area contributed by atoms with Gasteiger partial charge in [0.2, 0.25) is 5.75 Å². The minimum Gasteiger partial charge on any atom is -0.502 e. The number of hydrogen-bond donors (Lipinski definition) is 1. The van der Waals surface area contributed by atoms with Crippen molar-refractivity contribution in [1.82, 2.24) is 5.06 Å². The zero-order valence-corrected chi connectivity index (χ0v) is 11.5. The quantitative estimate of drug-likeness (QED) is 0.848. The molecule has 2 rings (SSSR count). The molecule has 0 saturated carbocycles. The van der Waals surface area contributed by atoms with Gasteiger partial charge in [0.15, 0.2) is 11.5 Å². The van der Waals surface area contributed by atoms with Gasteiger partial charge >= 0.3 is 0 Å². The number of hydrogen-bond acceptors (Lipinski definition) is 5. The van der Waals surface area contributed by atoms with Crippen molar-refractivity contribution in [3.05, 3.63) is 23.8 Å².